The molecule has 0 spiro atoms. The van der Waals surface area contributed by atoms with E-state index >= 15 is 0 Å². The topological polar surface area (TPSA) is 134 Å². The Morgan fingerprint density at radius 3 is 2.25 bits per heavy atom. The number of aliphatic hydroxyl groups excluding tert-OH is 1. The van der Waals surface area contributed by atoms with Gasteiger partial charge in [0.15, 0.2) is 0 Å². The predicted molar refractivity (Wildman–Crippen MR) is 169 cm³/mol. The van der Waals surface area contributed by atoms with Gasteiger partial charge in [0.1, 0.15) is 32.7 Å². The van der Waals surface area contributed by atoms with Crippen LogP contribution in [-0.2, 0) is 31.5 Å². The van der Waals surface area contributed by atoms with Crippen molar-refractivity contribution in [1.82, 2.24) is 0 Å². The van der Waals surface area contributed by atoms with Crippen molar-refractivity contribution in [2.24, 2.45) is 5.92 Å². The van der Waals surface area contributed by atoms with Crippen molar-refractivity contribution in [3.63, 3.8) is 0 Å². The third-order valence-corrected chi connectivity index (χ3v) is 10.2. The summed E-state index contributed by atoms with van der Waals surface area (Å²) in [5.74, 6) is -0.414. The number of aliphatic hydroxyl groups is 1. The number of cyclic esters (lactones) is 1. The molecule has 0 fully saturated rings. The van der Waals surface area contributed by atoms with Crippen LogP contribution in [0.2, 0.25) is 0 Å². The van der Waals surface area contributed by atoms with Crippen molar-refractivity contribution in [1.29, 1.82) is 5.26 Å². The normalized spacial score (nSPS) is 17.4. The number of hydrogen-bond acceptors (Lipinski definition) is 9. The molecule has 4 rings (SSSR count). The average Bonchev–Trinajstić information content (AvgIpc) is 2.95. The maximum atomic E-state index is 13.5. The Labute approximate surface area is 263 Å². The summed E-state index contributed by atoms with van der Waals surface area (Å²) in [6, 6.07) is 17.7. The van der Waals surface area contributed by atoms with Gasteiger partial charge in [-0.2, -0.15) is 13.7 Å². The highest BCUT2D eigenvalue weighted by Crippen LogP contribution is 2.46. The van der Waals surface area contributed by atoms with Crippen LogP contribution in [0.25, 0.3) is 0 Å². The van der Waals surface area contributed by atoms with Crippen molar-refractivity contribution in [2.45, 2.75) is 81.6 Å². The molecular formula is C34H37NO7S2. The number of aryl methyl sites for hydroxylation is 2. The lowest BCUT2D eigenvalue weighted by Gasteiger charge is -2.40. The number of rotatable bonds is 9. The second-order valence-electron chi connectivity index (χ2n) is 12.4. The summed E-state index contributed by atoms with van der Waals surface area (Å²) in [5, 5.41) is 29.9. The first kappa shape index (κ1) is 33.0. The Morgan fingerprint density at radius 2 is 1.70 bits per heavy atom. The highest BCUT2D eigenvalue weighted by Gasteiger charge is 2.44. The van der Waals surface area contributed by atoms with Crippen LogP contribution in [0.15, 0.2) is 81.1 Å². The van der Waals surface area contributed by atoms with Crippen LogP contribution in [-0.4, -0.2) is 30.2 Å². The van der Waals surface area contributed by atoms with Crippen LogP contribution in [0.5, 0.6) is 11.5 Å². The summed E-state index contributed by atoms with van der Waals surface area (Å²) < 4.78 is 37.8. The molecule has 1 aliphatic heterocycles. The standard InChI is InChI=1S/C34H37NO7S2/c1-21(2)34(16-15-23-7-11-25(36)12-8-23)19-28(37)31(32(38)41-34)43-30-17-22(3)29(18-27(30)33(4,5)6)42-44(39,40)26-13-9-24(20-35)10-14-26/h7-14,17-18,21,36-37H,15-16,19H2,1-6H3. The summed E-state index contributed by atoms with van der Waals surface area (Å²) in [5.41, 5.74) is 1.18. The number of carbonyl (C=O) groups excluding carboxylic acids is 1. The summed E-state index contributed by atoms with van der Waals surface area (Å²) >= 11 is 1.10. The van der Waals surface area contributed by atoms with Gasteiger partial charge in [-0.25, -0.2) is 4.79 Å². The highest BCUT2D eigenvalue weighted by molar-refractivity contribution is 8.04. The summed E-state index contributed by atoms with van der Waals surface area (Å²) in [6.45, 7) is 11.5. The van der Waals surface area contributed by atoms with Crippen molar-refractivity contribution < 1.29 is 32.3 Å². The molecule has 0 bridgehead atoms. The lowest BCUT2D eigenvalue weighted by atomic mass is 9.80. The molecule has 1 heterocycles. The van der Waals surface area contributed by atoms with Gasteiger partial charge in [0.05, 0.1) is 11.6 Å². The molecule has 10 heteroatoms. The molecule has 1 atom stereocenters. The smallest absolute Gasteiger partial charge is 0.349 e. The van der Waals surface area contributed by atoms with E-state index in [0.29, 0.717) is 28.9 Å². The summed E-state index contributed by atoms with van der Waals surface area (Å²) in [4.78, 5) is 14.1. The lowest BCUT2D eigenvalue weighted by Crippen LogP contribution is -2.44. The number of aromatic hydroxyl groups is 1. The highest BCUT2D eigenvalue weighted by atomic mass is 32.2. The van der Waals surface area contributed by atoms with E-state index in [1.54, 1.807) is 31.2 Å². The molecule has 8 nitrogen and oxygen atoms in total. The number of hydrogen-bond donors (Lipinski definition) is 2. The van der Waals surface area contributed by atoms with Gasteiger partial charge in [-0.15, -0.1) is 0 Å². The van der Waals surface area contributed by atoms with E-state index in [0.717, 1.165) is 22.9 Å². The van der Waals surface area contributed by atoms with Crippen LogP contribution in [0, 0.1) is 24.2 Å². The minimum atomic E-state index is -4.18. The second kappa shape index (κ2) is 12.6. The first-order valence-electron chi connectivity index (χ1n) is 14.3. The summed E-state index contributed by atoms with van der Waals surface area (Å²) in [6.07, 6.45) is 1.25. The molecule has 1 aliphatic rings. The van der Waals surface area contributed by atoms with E-state index in [2.05, 4.69) is 0 Å². The number of phenolic OH excluding ortho intramolecular Hbond substituents is 1. The monoisotopic (exact) mass is 635 g/mol. The van der Waals surface area contributed by atoms with Gasteiger partial charge in [-0.1, -0.05) is 58.5 Å². The SMILES string of the molecule is Cc1cc(SC2=C(O)CC(CCc3ccc(O)cc3)(C(C)C)OC2=O)c(C(C)(C)C)cc1OS(=O)(=O)c1ccc(C#N)cc1. The molecule has 0 saturated carbocycles. The Hall–Kier alpha value is -3.94. The van der Waals surface area contributed by atoms with Crippen LogP contribution in [0.4, 0.5) is 0 Å². The molecule has 3 aromatic rings. The van der Waals surface area contributed by atoms with E-state index in [1.165, 1.54) is 24.3 Å². The number of ether oxygens (including phenoxy) is 1. The van der Waals surface area contributed by atoms with Gasteiger partial charge in [0.25, 0.3) is 0 Å². The number of nitrogens with zero attached hydrogens (tertiary/aromatic N) is 1. The van der Waals surface area contributed by atoms with Crippen molar-refractivity contribution >= 4 is 27.8 Å². The molecule has 0 aliphatic carbocycles. The molecule has 1 unspecified atom stereocenters. The maximum Gasteiger partial charge on any atom is 0.349 e. The van der Waals surface area contributed by atoms with E-state index in [4.69, 9.17) is 14.2 Å². The van der Waals surface area contributed by atoms with Gasteiger partial charge < -0.3 is 19.1 Å². The molecule has 2 N–H and O–H groups in total. The van der Waals surface area contributed by atoms with Crippen molar-refractivity contribution in [2.75, 3.05) is 0 Å². The third-order valence-electron chi connectivity index (χ3n) is 7.80. The molecule has 44 heavy (non-hydrogen) atoms. The predicted octanol–water partition coefficient (Wildman–Crippen LogP) is 7.47. The number of benzene rings is 3. The molecule has 0 aromatic heterocycles. The molecule has 3 aromatic carbocycles. The Bertz CT molecular complexity index is 1730. The van der Waals surface area contributed by atoms with E-state index in [9.17, 15) is 23.4 Å². The van der Waals surface area contributed by atoms with Crippen LogP contribution in [0.3, 0.4) is 0 Å². The largest absolute Gasteiger partial charge is 0.511 e. The first-order chi connectivity index (χ1) is 20.5. The number of esters is 1. The maximum absolute atomic E-state index is 13.5. The minimum absolute atomic E-state index is 0.0492. The van der Waals surface area contributed by atoms with Crippen LogP contribution in [0.1, 0.15) is 69.7 Å². The Kier molecular flexibility index (Phi) is 9.43. The van der Waals surface area contributed by atoms with E-state index < -0.39 is 27.1 Å². The third kappa shape index (κ3) is 7.22. The molecule has 0 saturated heterocycles. The lowest BCUT2D eigenvalue weighted by molar-refractivity contribution is -0.164. The zero-order valence-corrected chi connectivity index (χ0v) is 27.3. The van der Waals surface area contributed by atoms with Gasteiger partial charge in [-0.3, -0.25) is 0 Å². The quantitative estimate of drug-likeness (QED) is 0.181. The zero-order valence-electron chi connectivity index (χ0n) is 25.7. The molecule has 0 radical (unpaired) electrons. The Morgan fingerprint density at radius 1 is 1.07 bits per heavy atom. The van der Waals surface area contributed by atoms with Crippen molar-refractivity contribution in [3.8, 4) is 17.6 Å². The van der Waals surface area contributed by atoms with E-state index in [-0.39, 0.29) is 39.4 Å². The van der Waals surface area contributed by atoms with Crippen LogP contribution < -0.4 is 4.18 Å². The van der Waals surface area contributed by atoms with Crippen molar-refractivity contribution in [3.05, 3.63) is 93.6 Å². The molecule has 232 valence electrons. The van der Waals surface area contributed by atoms with Gasteiger partial charge in [-0.05, 0) is 96.3 Å². The van der Waals surface area contributed by atoms with Gasteiger partial charge >= 0.3 is 16.1 Å². The number of carbonyl (C=O) groups is 1. The van der Waals surface area contributed by atoms with Gasteiger partial charge in [0.2, 0.25) is 0 Å². The zero-order chi connectivity index (χ0) is 32.4. The number of thioether (sulfide) groups is 1. The number of phenols is 1. The van der Waals surface area contributed by atoms with E-state index in [1.807, 2.05) is 52.8 Å². The fraction of sp³-hybridized carbons (Fsp3) is 0.353. The van der Waals surface area contributed by atoms with Gasteiger partial charge in [0, 0.05) is 11.3 Å². The Balaban J connectivity index is 1.63. The molecular weight excluding hydrogens is 599 g/mol. The fourth-order valence-corrected chi connectivity index (χ4v) is 7.24. The molecule has 0 amide bonds. The number of nitriles is 1. The average molecular weight is 636 g/mol. The minimum Gasteiger partial charge on any atom is -0.511 e. The second-order valence-corrected chi connectivity index (χ2v) is 15.0. The first-order valence-corrected chi connectivity index (χ1v) is 16.5. The van der Waals surface area contributed by atoms with Crippen LogP contribution >= 0.6 is 11.8 Å². The fourth-order valence-electron chi connectivity index (χ4n) is 5.01. The summed E-state index contributed by atoms with van der Waals surface area (Å²) in [7, 11) is -4.18.